The van der Waals surface area contributed by atoms with E-state index in [0.29, 0.717) is 0 Å². The maximum absolute atomic E-state index is 6.12. The Morgan fingerprint density at radius 1 is 1.05 bits per heavy atom. The van der Waals surface area contributed by atoms with Crippen LogP contribution in [-0.2, 0) is 11.3 Å². The lowest BCUT2D eigenvalue weighted by molar-refractivity contribution is -0.133. The highest BCUT2D eigenvalue weighted by Crippen LogP contribution is 2.31. The molecule has 2 rings (SSSR count). The predicted octanol–water partition coefficient (Wildman–Crippen LogP) is 2.80. The van der Waals surface area contributed by atoms with Crippen molar-refractivity contribution in [2.75, 3.05) is 25.0 Å². The van der Waals surface area contributed by atoms with Crippen LogP contribution < -0.4 is 10.2 Å². The highest BCUT2D eigenvalue weighted by Gasteiger charge is 2.38. The van der Waals surface area contributed by atoms with E-state index >= 15 is 0 Å². The second kappa shape index (κ2) is 5.14. The average Bonchev–Trinajstić information content (AvgIpc) is 2.26. The third kappa shape index (κ3) is 3.71. The first kappa shape index (κ1) is 14.4. The van der Waals surface area contributed by atoms with Crippen molar-refractivity contribution in [2.24, 2.45) is 0 Å². The Hall–Kier alpha value is -1.06. The first-order chi connectivity index (χ1) is 8.81. The lowest BCUT2D eigenvalue weighted by Crippen LogP contribution is -2.57. The zero-order valence-corrected chi connectivity index (χ0v) is 12.8. The van der Waals surface area contributed by atoms with Gasteiger partial charge in [0.25, 0.3) is 0 Å². The molecule has 0 unspecified atom stereocenters. The van der Waals surface area contributed by atoms with E-state index < -0.39 is 0 Å². The Kier molecular flexibility index (Phi) is 3.88. The largest absolute Gasteiger partial charge is 0.366 e. The van der Waals surface area contributed by atoms with Crippen LogP contribution >= 0.6 is 0 Å². The van der Waals surface area contributed by atoms with Crippen molar-refractivity contribution in [2.45, 2.75) is 45.4 Å². The molecule has 1 N–H and O–H groups in total. The molecule has 0 aromatic heterocycles. The summed E-state index contributed by atoms with van der Waals surface area (Å²) in [6.45, 7) is 11.4. The molecular weight excluding hydrogens is 236 g/mol. The summed E-state index contributed by atoms with van der Waals surface area (Å²) in [5.74, 6) is 0. The molecule has 0 aliphatic carbocycles. The maximum atomic E-state index is 6.12. The van der Waals surface area contributed by atoms with E-state index in [1.54, 1.807) is 0 Å². The minimum atomic E-state index is -0.106. The SMILES string of the molecule is CNCc1ccc(N2CC(C)(C)OC(C)(C)C2)cc1. The number of nitrogens with zero attached hydrogens (tertiary/aromatic N) is 1. The molecule has 1 aliphatic rings. The van der Waals surface area contributed by atoms with Gasteiger partial charge >= 0.3 is 0 Å². The first-order valence-electron chi connectivity index (χ1n) is 7.00. The van der Waals surface area contributed by atoms with Gasteiger partial charge in [-0.05, 0) is 52.4 Å². The zero-order chi connectivity index (χ0) is 14.1. The smallest absolute Gasteiger partial charge is 0.0808 e. The Balaban J connectivity index is 2.16. The number of hydrogen-bond acceptors (Lipinski definition) is 3. The molecule has 106 valence electrons. The molecule has 19 heavy (non-hydrogen) atoms. The van der Waals surface area contributed by atoms with Crippen molar-refractivity contribution in [3.63, 3.8) is 0 Å². The van der Waals surface area contributed by atoms with Gasteiger partial charge in [0.05, 0.1) is 11.2 Å². The summed E-state index contributed by atoms with van der Waals surface area (Å²) >= 11 is 0. The standard InChI is InChI=1S/C16H26N2O/c1-15(2)11-18(12-16(3,4)19-15)14-8-6-13(7-9-14)10-17-5/h6-9,17H,10-12H2,1-5H3. The minimum absolute atomic E-state index is 0.106. The van der Waals surface area contributed by atoms with Crippen LogP contribution in [0.4, 0.5) is 5.69 Å². The topological polar surface area (TPSA) is 24.5 Å². The Labute approximate surface area is 116 Å². The van der Waals surface area contributed by atoms with Crippen LogP contribution in [0.25, 0.3) is 0 Å². The van der Waals surface area contributed by atoms with Gasteiger partial charge in [0, 0.05) is 25.3 Å². The monoisotopic (exact) mass is 262 g/mol. The third-order valence-corrected chi connectivity index (χ3v) is 3.38. The van der Waals surface area contributed by atoms with Gasteiger partial charge < -0.3 is 15.0 Å². The van der Waals surface area contributed by atoms with Crippen LogP contribution in [0.3, 0.4) is 0 Å². The summed E-state index contributed by atoms with van der Waals surface area (Å²) in [6.07, 6.45) is 0. The van der Waals surface area contributed by atoms with Crippen molar-refractivity contribution < 1.29 is 4.74 Å². The Morgan fingerprint density at radius 2 is 1.58 bits per heavy atom. The van der Waals surface area contributed by atoms with Gasteiger partial charge in [-0.3, -0.25) is 0 Å². The molecule has 1 aliphatic heterocycles. The van der Waals surface area contributed by atoms with Gasteiger partial charge in [-0.15, -0.1) is 0 Å². The zero-order valence-electron chi connectivity index (χ0n) is 12.8. The van der Waals surface area contributed by atoms with Crippen molar-refractivity contribution >= 4 is 5.69 Å². The minimum Gasteiger partial charge on any atom is -0.366 e. The van der Waals surface area contributed by atoms with E-state index in [1.165, 1.54) is 11.3 Å². The first-order valence-corrected chi connectivity index (χ1v) is 7.00. The molecule has 0 bridgehead atoms. The summed E-state index contributed by atoms with van der Waals surface area (Å²) in [4.78, 5) is 2.42. The van der Waals surface area contributed by atoms with E-state index in [4.69, 9.17) is 4.74 Å². The molecule has 1 saturated heterocycles. The number of ether oxygens (including phenoxy) is 1. The maximum Gasteiger partial charge on any atom is 0.0808 e. The number of rotatable bonds is 3. The Bertz CT molecular complexity index is 407. The fourth-order valence-electron chi connectivity index (χ4n) is 3.00. The van der Waals surface area contributed by atoms with Gasteiger partial charge in [-0.25, -0.2) is 0 Å². The van der Waals surface area contributed by atoms with Crippen molar-refractivity contribution in [3.05, 3.63) is 29.8 Å². The molecule has 0 amide bonds. The quantitative estimate of drug-likeness (QED) is 0.906. The Morgan fingerprint density at radius 3 is 2.05 bits per heavy atom. The summed E-state index contributed by atoms with van der Waals surface area (Å²) in [5, 5.41) is 3.18. The van der Waals surface area contributed by atoms with E-state index in [-0.39, 0.29) is 11.2 Å². The number of morpholine rings is 1. The van der Waals surface area contributed by atoms with Crippen molar-refractivity contribution in [1.82, 2.24) is 5.32 Å². The highest BCUT2D eigenvalue weighted by atomic mass is 16.5. The van der Waals surface area contributed by atoms with Crippen LogP contribution in [0.15, 0.2) is 24.3 Å². The predicted molar refractivity (Wildman–Crippen MR) is 80.7 cm³/mol. The second-order valence-electron chi connectivity index (χ2n) is 6.67. The summed E-state index contributed by atoms with van der Waals surface area (Å²) in [6, 6.07) is 8.82. The van der Waals surface area contributed by atoms with Gasteiger partial charge in [0.15, 0.2) is 0 Å². The highest BCUT2D eigenvalue weighted by molar-refractivity contribution is 5.49. The van der Waals surface area contributed by atoms with E-state index in [1.807, 2.05) is 7.05 Å². The van der Waals surface area contributed by atoms with Crippen LogP contribution in [0.2, 0.25) is 0 Å². The molecule has 0 atom stereocenters. The third-order valence-electron chi connectivity index (χ3n) is 3.38. The van der Waals surface area contributed by atoms with Gasteiger partial charge in [0.1, 0.15) is 0 Å². The summed E-state index contributed by atoms with van der Waals surface area (Å²) < 4.78 is 6.12. The summed E-state index contributed by atoms with van der Waals surface area (Å²) in [5.41, 5.74) is 2.39. The van der Waals surface area contributed by atoms with Crippen LogP contribution in [0, 0.1) is 0 Å². The molecule has 3 heteroatoms. The molecular formula is C16H26N2O. The van der Waals surface area contributed by atoms with Crippen molar-refractivity contribution in [1.29, 1.82) is 0 Å². The number of benzene rings is 1. The van der Waals surface area contributed by atoms with Gasteiger partial charge in [-0.2, -0.15) is 0 Å². The van der Waals surface area contributed by atoms with E-state index in [9.17, 15) is 0 Å². The normalized spacial score (nSPS) is 21.4. The van der Waals surface area contributed by atoms with Gasteiger partial charge in [-0.1, -0.05) is 12.1 Å². The van der Waals surface area contributed by atoms with E-state index in [2.05, 4.69) is 62.2 Å². The van der Waals surface area contributed by atoms with Crippen molar-refractivity contribution in [3.8, 4) is 0 Å². The van der Waals surface area contributed by atoms with E-state index in [0.717, 1.165) is 19.6 Å². The van der Waals surface area contributed by atoms with Crippen LogP contribution in [0.1, 0.15) is 33.3 Å². The number of nitrogens with one attached hydrogen (secondary N) is 1. The van der Waals surface area contributed by atoms with Crippen LogP contribution in [-0.4, -0.2) is 31.3 Å². The fraction of sp³-hybridized carbons (Fsp3) is 0.625. The lowest BCUT2D eigenvalue weighted by Gasteiger charge is -2.48. The molecule has 1 fully saturated rings. The molecule has 0 radical (unpaired) electrons. The molecule has 1 heterocycles. The molecule has 3 nitrogen and oxygen atoms in total. The van der Waals surface area contributed by atoms with Crippen LogP contribution in [0.5, 0.6) is 0 Å². The lowest BCUT2D eigenvalue weighted by atomic mass is 9.98. The number of hydrogen-bond donors (Lipinski definition) is 1. The molecule has 1 aromatic rings. The van der Waals surface area contributed by atoms with Gasteiger partial charge in [0.2, 0.25) is 0 Å². The fourth-order valence-corrected chi connectivity index (χ4v) is 3.00. The second-order valence-corrected chi connectivity index (χ2v) is 6.67. The summed E-state index contributed by atoms with van der Waals surface area (Å²) in [7, 11) is 1.97. The molecule has 0 spiro atoms. The average molecular weight is 262 g/mol. The molecule has 0 saturated carbocycles. The molecule has 1 aromatic carbocycles. The number of anilines is 1.